The Balaban J connectivity index is 4.66. The topological polar surface area (TPSA) is 132 Å². The summed E-state index contributed by atoms with van der Waals surface area (Å²) in [5.41, 5.74) is -1.34. The highest BCUT2D eigenvalue weighted by atomic mass is 16.6. The first-order valence-electron chi connectivity index (χ1n) is 12.0. The average Bonchev–Trinajstić information content (AvgIpc) is 2.68. The molecule has 0 bridgehead atoms. The van der Waals surface area contributed by atoms with Crippen LogP contribution in [0.5, 0.6) is 0 Å². The monoisotopic (exact) mass is 487 g/mol. The molecule has 0 spiro atoms. The molecule has 0 aromatic heterocycles. The molecule has 3 N–H and O–H groups in total. The van der Waals surface area contributed by atoms with Crippen molar-refractivity contribution in [3.63, 3.8) is 0 Å². The molecule has 0 saturated carbocycles. The van der Waals surface area contributed by atoms with Gasteiger partial charge in [0.25, 0.3) is 0 Å². The third-order valence-corrected chi connectivity index (χ3v) is 4.50. The normalized spacial score (nSPS) is 13.3. The summed E-state index contributed by atoms with van der Waals surface area (Å²) in [6.45, 7) is 12.9. The third-order valence-electron chi connectivity index (χ3n) is 4.50. The molecule has 10 heteroatoms. The van der Waals surface area contributed by atoms with Crippen molar-refractivity contribution in [2.45, 2.75) is 117 Å². The first-order valence-corrected chi connectivity index (χ1v) is 12.0. The fourth-order valence-corrected chi connectivity index (χ4v) is 2.97. The Kier molecular flexibility index (Phi) is 14.3. The van der Waals surface area contributed by atoms with E-state index < -0.39 is 41.4 Å². The lowest BCUT2D eigenvalue weighted by atomic mass is 10.1. The summed E-state index contributed by atoms with van der Waals surface area (Å²) >= 11 is 0. The van der Waals surface area contributed by atoms with Crippen LogP contribution >= 0.6 is 0 Å². The van der Waals surface area contributed by atoms with E-state index in [0.717, 1.165) is 19.3 Å². The molecular weight excluding hydrogens is 442 g/mol. The maximum absolute atomic E-state index is 12.6. The number of amides is 3. The number of hydrogen-bond donors (Lipinski definition) is 3. The largest absolute Gasteiger partial charge is 0.467 e. The number of nitrogens with one attached hydrogen (secondary N) is 3. The van der Waals surface area contributed by atoms with E-state index in [9.17, 15) is 19.2 Å². The van der Waals surface area contributed by atoms with Crippen molar-refractivity contribution in [3.8, 4) is 0 Å². The first-order chi connectivity index (χ1) is 15.7. The van der Waals surface area contributed by atoms with Crippen molar-refractivity contribution in [1.29, 1.82) is 0 Å². The molecule has 198 valence electrons. The maximum atomic E-state index is 12.6. The van der Waals surface area contributed by atoms with E-state index in [4.69, 9.17) is 14.2 Å². The summed E-state index contributed by atoms with van der Waals surface area (Å²) in [7, 11) is 1.25. The van der Waals surface area contributed by atoms with Gasteiger partial charge in [-0.1, -0.05) is 26.2 Å². The highest BCUT2D eigenvalue weighted by Gasteiger charge is 2.26. The lowest BCUT2D eigenvalue weighted by Crippen LogP contribution is -2.48. The van der Waals surface area contributed by atoms with Crippen molar-refractivity contribution >= 4 is 24.1 Å². The highest BCUT2D eigenvalue weighted by molar-refractivity contribution is 5.85. The van der Waals surface area contributed by atoms with Crippen LogP contribution in [0.1, 0.15) is 93.4 Å². The molecule has 0 unspecified atom stereocenters. The van der Waals surface area contributed by atoms with E-state index >= 15 is 0 Å². The maximum Gasteiger partial charge on any atom is 0.408 e. The molecule has 3 amide bonds. The van der Waals surface area contributed by atoms with Crippen LogP contribution < -0.4 is 16.0 Å². The minimum atomic E-state index is -0.842. The highest BCUT2D eigenvalue weighted by Crippen LogP contribution is 2.10. The molecule has 0 aliphatic heterocycles. The standard InChI is InChI=1S/C24H45N3O7/c1-9-10-11-14-17(26-21(30)33-23(2,3)4)19(28)25-16-13-12-15-18(20(29)32-8)27-22(31)34-24(5,6)7/h17-18H,9-16H2,1-8H3,(H,25,28)(H,26,30)(H,27,31)/t17-,18-/m0/s1. The molecule has 0 radical (unpaired) electrons. The lowest BCUT2D eigenvalue weighted by Gasteiger charge is -2.23. The van der Waals surface area contributed by atoms with Gasteiger partial charge in [-0.05, 0) is 67.2 Å². The number of rotatable bonds is 13. The average molecular weight is 488 g/mol. The molecule has 0 heterocycles. The van der Waals surface area contributed by atoms with E-state index in [1.54, 1.807) is 41.5 Å². The van der Waals surface area contributed by atoms with Crippen molar-refractivity contribution < 1.29 is 33.4 Å². The number of alkyl carbamates (subject to hydrolysis) is 2. The fourth-order valence-electron chi connectivity index (χ4n) is 2.97. The predicted molar refractivity (Wildman–Crippen MR) is 129 cm³/mol. The molecule has 0 fully saturated rings. The van der Waals surface area contributed by atoms with Crippen molar-refractivity contribution in [2.24, 2.45) is 0 Å². The summed E-state index contributed by atoms with van der Waals surface area (Å²) in [4.78, 5) is 48.7. The molecule has 2 atom stereocenters. The van der Waals surface area contributed by atoms with Crippen LogP contribution in [-0.2, 0) is 23.8 Å². The van der Waals surface area contributed by atoms with Crippen LogP contribution in [-0.4, -0.2) is 61.0 Å². The summed E-state index contributed by atoms with van der Waals surface area (Å²) in [6.07, 6.45) is 3.42. The number of methoxy groups -OCH3 is 1. The van der Waals surface area contributed by atoms with E-state index in [0.29, 0.717) is 32.2 Å². The molecule has 0 saturated heterocycles. The van der Waals surface area contributed by atoms with Gasteiger partial charge in [0.15, 0.2) is 0 Å². The second-order valence-corrected chi connectivity index (χ2v) is 10.2. The third kappa shape index (κ3) is 16.1. The molecule has 34 heavy (non-hydrogen) atoms. The number of carbonyl (C=O) groups excluding carboxylic acids is 4. The molecule has 10 nitrogen and oxygen atoms in total. The van der Waals surface area contributed by atoms with Crippen molar-refractivity contribution in [3.05, 3.63) is 0 Å². The van der Waals surface area contributed by atoms with E-state index in [2.05, 4.69) is 22.9 Å². The quantitative estimate of drug-likeness (QED) is 0.204. The molecule has 0 aliphatic rings. The number of unbranched alkanes of at least 4 members (excludes halogenated alkanes) is 3. The van der Waals surface area contributed by atoms with Gasteiger partial charge >= 0.3 is 18.2 Å². The second-order valence-electron chi connectivity index (χ2n) is 10.2. The van der Waals surface area contributed by atoms with Crippen LogP contribution in [0, 0.1) is 0 Å². The van der Waals surface area contributed by atoms with Gasteiger partial charge in [0.1, 0.15) is 23.3 Å². The zero-order valence-corrected chi connectivity index (χ0v) is 22.2. The molecular formula is C24H45N3O7. The van der Waals surface area contributed by atoms with Crippen LogP contribution in [0.2, 0.25) is 0 Å². The Morgan fingerprint density at radius 3 is 1.68 bits per heavy atom. The van der Waals surface area contributed by atoms with E-state index in [1.165, 1.54) is 7.11 Å². The van der Waals surface area contributed by atoms with Crippen LogP contribution in [0.4, 0.5) is 9.59 Å². The molecule has 0 rings (SSSR count). The summed E-state index contributed by atoms with van der Waals surface area (Å²) in [5.74, 6) is -0.842. The Labute approximate surface area is 204 Å². The van der Waals surface area contributed by atoms with Gasteiger partial charge in [0.05, 0.1) is 7.11 Å². The number of ether oxygens (including phenoxy) is 3. The van der Waals surface area contributed by atoms with E-state index in [1.807, 2.05) is 0 Å². The number of carbonyl (C=O) groups is 4. The van der Waals surface area contributed by atoms with Crippen LogP contribution in [0.15, 0.2) is 0 Å². The SMILES string of the molecule is CCCCC[C@H](NC(=O)OC(C)(C)C)C(=O)NCCCC[C@H](NC(=O)OC(C)(C)C)C(=O)OC. The lowest BCUT2D eigenvalue weighted by molar-refractivity contribution is -0.143. The zero-order chi connectivity index (χ0) is 26.4. The van der Waals surface area contributed by atoms with Gasteiger partial charge in [-0.3, -0.25) is 4.79 Å². The van der Waals surface area contributed by atoms with E-state index in [-0.39, 0.29) is 5.91 Å². The van der Waals surface area contributed by atoms with Gasteiger partial charge in [-0.2, -0.15) is 0 Å². The van der Waals surface area contributed by atoms with Gasteiger partial charge in [-0.15, -0.1) is 0 Å². The van der Waals surface area contributed by atoms with Gasteiger partial charge in [0.2, 0.25) is 5.91 Å². The number of esters is 1. The van der Waals surface area contributed by atoms with Gasteiger partial charge < -0.3 is 30.2 Å². The fraction of sp³-hybridized carbons (Fsp3) is 0.833. The summed E-state index contributed by atoms with van der Waals surface area (Å²) < 4.78 is 15.2. The Morgan fingerprint density at radius 1 is 0.735 bits per heavy atom. The summed E-state index contributed by atoms with van der Waals surface area (Å²) in [6, 6.07) is -1.52. The smallest absolute Gasteiger partial charge is 0.408 e. The minimum Gasteiger partial charge on any atom is -0.467 e. The molecule has 0 aliphatic carbocycles. The van der Waals surface area contributed by atoms with Crippen LogP contribution in [0.3, 0.4) is 0 Å². The minimum absolute atomic E-state index is 0.279. The second kappa shape index (κ2) is 15.4. The Bertz CT molecular complexity index is 654. The van der Waals surface area contributed by atoms with Crippen LogP contribution in [0.25, 0.3) is 0 Å². The molecule has 0 aromatic rings. The zero-order valence-electron chi connectivity index (χ0n) is 22.2. The molecule has 0 aromatic carbocycles. The van der Waals surface area contributed by atoms with Gasteiger partial charge in [-0.25, -0.2) is 14.4 Å². The Morgan fingerprint density at radius 2 is 1.21 bits per heavy atom. The van der Waals surface area contributed by atoms with Crippen molar-refractivity contribution in [2.75, 3.05) is 13.7 Å². The Hall–Kier alpha value is -2.52. The first kappa shape index (κ1) is 31.5. The number of hydrogen-bond acceptors (Lipinski definition) is 7. The van der Waals surface area contributed by atoms with Gasteiger partial charge in [0, 0.05) is 6.54 Å². The predicted octanol–water partition coefficient (Wildman–Crippen LogP) is 3.81. The van der Waals surface area contributed by atoms with Crippen molar-refractivity contribution in [1.82, 2.24) is 16.0 Å². The summed E-state index contributed by atoms with van der Waals surface area (Å²) in [5, 5.41) is 8.01.